The zero-order valence-electron chi connectivity index (χ0n) is 4.31. The number of allylic oxidation sites excluding steroid dienone is 1. The van der Waals surface area contributed by atoms with Crippen molar-refractivity contribution in [1.29, 1.82) is 0 Å². The predicted octanol–water partition coefficient (Wildman–Crippen LogP) is 0.407. The molecule has 3 N–H and O–H groups in total. The van der Waals surface area contributed by atoms with E-state index in [0.29, 0.717) is 6.54 Å². The van der Waals surface area contributed by atoms with E-state index in [-0.39, 0.29) is 36.9 Å². The molecule has 40 valence electrons. The van der Waals surface area contributed by atoms with Gasteiger partial charge < -0.3 is 10.8 Å². The average Bonchev–Trinajstić information content (AvgIpc) is 1.35. The van der Waals surface area contributed by atoms with E-state index in [9.17, 15) is 0 Å². The summed E-state index contributed by atoms with van der Waals surface area (Å²) in [5, 5.41) is 8.33. The maximum atomic E-state index is 8.33. The van der Waals surface area contributed by atoms with Crippen molar-refractivity contribution in [2.75, 3.05) is 6.54 Å². The van der Waals surface area contributed by atoms with Gasteiger partial charge >= 0.3 is 0 Å². The zero-order chi connectivity index (χ0) is 4.99. The van der Waals surface area contributed by atoms with E-state index in [1.807, 2.05) is 0 Å². The second-order valence-corrected chi connectivity index (χ2v) is 1.08. The minimum Gasteiger partial charge on any atom is -0.513 e. The van der Waals surface area contributed by atoms with Crippen molar-refractivity contribution >= 4 is 0 Å². The average molecular weight is 325 g/mol. The number of aliphatic hydroxyl groups excluding tert-OH is 1. The monoisotopic (exact) mass is 325 g/mol. The fourth-order valence-electron chi connectivity index (χ4n) is 0.171. The van der Waals surface area contributed by atoms with Crippen LogP contribution in [0.2, 0.25) is 0 Å². The van der Waals surface area contributed by atoms with Gasteiger partial charge in [0, 0.05) is 37.7 Å². The Labute approximate surface area is 67.2 Å². The van der Waals surface area contributed by atoms with Crippen LogP contribution in [0.4, 0.5) is 0 Å². The van der Waals surface area contributed by atoms with Gasteiger partial charge in [0.05, 0.1) is 5.76 Å². The first-order chi connectivity index (χ1) is 2.77. The van der Waals surface area contributed by atoms with Crippen LogP contribution < -0.4 is 5.73 Å². The van der Waals surface area contributed by atoms with Gasteiger partial charge in [-0.2, -0.15) is 0 Å². The first-order valence-electron chi connectivity index (χ1n) is 1.83. The molecule has 0 aromatic heterocycles. The molecule has 0 saturated carbocycles. The molecule has 0 amide bonds. The van der Waals surface area contributed by atoms with Crippen LogP contribution in [-0.4, -0.2) is 11.7 Å². The Morgan fingerprint density at radius 3 is 2.29 bits per heavy atom. The van der Waals surface area contributed by atoms with Crippen LogP contribution in [0, 0.1) is 31.1 Å². The molecule has 0 radical (unpaired) electrons. The molecule has 0 aliphatic heterocycles. The smallest absolute Gasteiger partial charge is 0.0864 e. The molecule has 0 unspecified atom stereocenters. The van der Waals surface area contributed by atoms with Crippen molar-refractivity contribution in [3.05, 3.63) is 11.8 Å². The summed E-state index contributed by atoms with van der Waals surface area (Å²) in [6, 6.07) is 0. The first kappa shape index (κ1) is 10.5. The molecule has 0 bridgehead atoms. The predicted molar refractivity (Wildman–Crippen MR) is 25.4 cm³/mol. The van der Waals surface area contributed by atoms with Gasteiger partial charge in [0.2, 0.25) is 0 Å². The van der Waals surface area contributed by atoms with E-state index in [0.717, 1.165) is 0 Å². The van der Waals surface area contributed by atoms with E-state index < -0.39 is 0 Å². The van der Waals surface area contributed by atoms with Crippen molar-refractivity contribution in [2.24, 2.45) is 5.73 Å². The summed E-state index contributed by atoms with van der Waals surface area (Å²) in [7, 11) is 0. The molecule has 0 aliphatic carbocycles. The van der Waals surface area contributed by atoms with Gasteiger partial charge in [0.1, 0.15) is 0 Å². The SMILES string of the molecule is C/C(O)=C\CN.[U]. The van der Waals surface area contributed by atoms with Crippen LogP contribution in [0.1, 0.15) is 6.92 Å². The summed E-state index contributed by atoms with van der Waals surface area (Å²) >= 11 is 0. The maximum absolute atomic E-state index is 8.33. The van der Waals surface area contributed by atoms with Gasteiger partial charge in [-0.15, -0.1) is 0 Å². The van der Waals surface area contributed by atoms with Crippen molar-refractivity contribution in [3.63, 3.8) is 0 Å². The van der Waals surface area contributed by atoms with Crippen LogP contribution >= 0.6 is 0 Å². The number of hydrogen-bond donors (Lipinski definition) is 2. The number of hydrogen-bond acceptors (Lipinski definition) is 2. The van der Waals surface area contributed by atoms with Crippen molar-refractivity contribution in [1.82, 2.24) is 0 Å². The van der Waals surface area contributed by atoms with Crippen LogP contribution in [-0.2, 0) is 0 Å². The molecule has 3 heteroatoms. The fraction of sp³-hybridized carbons (Fsp3) is 0.500. The fourth-order valence-corrected chi connectivity index (χ4v) is 0.171. The third-order valence-corrected chi connectivity index (χ3v) is 0.413. The molecule has 0 spiro atoms. The first-order valence-corrected chi connectivity index (χ1v) is 1.83. The van der Waals surface area contributed by atoms with Gasteiger partial charge in [-0.1, -0.05) is 0 Å². The summed E-state index contributed by atoms with van der Waals surface area (Å²) in [4.78, 5) is 0. The molecular weight excluding hydrogens is 316 g/mol. The van der Waals surface area contributed by atoms with Crippen LogP contribution in [0.5, 0.6) is 0 Å². The van der Waals surface area contributed by atoms with Gasteiger partial charge in [-0.05, 0) is 13.0 Å². The van der Waals surface area contributed by atoms with E-state index >= 15 is 0 Å². The molecule has 0 atom stereocenters. The third kappa shape index (κ3) is 10.8. The summed E-state index contributed by atoms with van der Waals surface area (Å²) < 4.78 is 0. The number of rotatable bonds is 1. The molecular formula is C4H9NOU. The Kier molecular flexibility index (Phi) is 9.84. The molecule has 0 saturated heterocycles. The molecule has 0 rings (SSSR count). The Morgan fingerprint density at radius 1 is 1.86 bits per heavy atom. The molecule has 0 aromatic carbocycles. The summed E-state index contributed by atoms with van der Waals surface area (Å²) in [6.45, 7) is 2.01. The van der Waals surface area contributed by atoms with Crippen molar-refractivity contribution in [3.8, 4) is 0 Å². The van der Waals surface area contributed by atoms with Gasteiger partial charge in [-0.25, -0.2) is 0 Å². The summed E-state index contributed by atoms with van der Waals surface area (Å²) in [5.41, 5.74) is 4.99. The Balaban J connectivity index is 0. The normalized spacial score (nSPS) is 10.3. The number of aliphatic hydroxyl groups is 1. The summed E-state index contributed by atoms with van der Waals surface area (Å²) in [6.07, 6.45) is 1.54. The number of nitrogens with two attached hydrogens (primary N) is 1. The third-order valence-electron chi connectivity index (χ3n) is 0.413. The van der Waals surface area contributed by atoms with E-state index in [1.165, 1.54) is 0 Å². The summed E-state index contributed by atoms with van der Waals surface area (Å²) in [5.74, 6) is 0.289. The van der Waals surface area contributed by atoms with Crippen LogP contribution in [0.3, 0.4) is 0 Å². The largest absolute Gasteiger partial charge is 0.513 e. The maximum Gasteiger partial charge on any atom is 0.0864 e. The Morgan fingerprint density at radius 2 is 2.29 bits per heavy atom. The quantitative estimate of drug-likeness (QED) is 0.686. The second-order valence-electron chi connectivity index (χ2n) is 1.08. The Bertz CT molecular complexity index is 58.7. The molecule has 0 heterocycles. The minimum atomic E-state index is 0. The van der Waals surface area contributed by atoms with Crippen LogP contribution in [0.25, 0.3) is 0 Å². The molecule has 0 aliphatic rings. The van der Waals surface area contributed by atoms with Gasteiger partial charge in [0.15, 0.2) is 0 Å². The zero-order valence-corrected chi connectivity index (χ0v) is 8.47. The molecule has 2 nitrogen and oxygen atoms in total. The van der Waals surface area contributed by atoms with Crippen LogP contribution in [0.15, 0.2) is 11.8 Å². The second kappa shape index (κ2) is 6.55. The minimum absolute atomic E-state index is 0. The standard InChI is InChI=1S/C4H9NO.U/c1-4(6)2-3-5;/h2,6H,3,5H2,1H3;/b4-2+;. The van der Waals surface area contributed by atoms with E-state index in [1.54, 1.807) is 13.0 Å². The molecule has 0 aromatic rings. The van der Waals surface area contributed by atoms with Gasteiger partial charge in [0.25, 0.3) is 0 Å². The van der Waals surface area contributed by atoms with Crippen molar-refractivity contribution < 1.29 is 36.2 Å². The van der Waals surface area contributed by atoms with E-state index in [2.05, 4.69) is 0 Å². The van der Waals surface area contributed by atoms with E-state index in [4.69, 9.17) is 10.8 Å². The topological polar surface area (TPSA) is 46.2 Å². The van der Waals surface area contributed by atoms with Crippen molar-refractivity contribution in [2.45, 2.75) is 6.92 Å². The molecule has 7 heavy (non-hydrogen) atoms. The van der Waals surface area contributed by atoms with Gasteiger partial charge in [-0.3, -0.25) is 0 Å². The Hall–Kier alpha value is 0.552. The molecule has 0 fully saturated rings.